The van der Waals surface area contributed by atoms with Crippen LogP contribution in [-0.4, -0.2) is 61.1 Å². The molecule has 1 saturated heterocycles. The number of methoxy groups -OCH3 is 1. The molecule has 7 nitrogen and oxygen atoms in total. The molecule has 1 aliphatic rings. The third-order valence-electron chi connectivity index (χ3n) is 5.91. The molecule has 1 N–H and O–H groups in total. The van der Waals surface area contributed by atoms with Crippen LogP contribution in [0.5, 0.6) is 5.75 Å². The number of hydrogen-bond acceptors (Lipinski definition) is 5. The molecule has 3 aromatic rings. The second-order valence-electron chi connectivity index (χ2n) is 8.30. The van der Waals surface area contributed by atoms with Crippen LogP contribution in [-0.2, 0) is 9.53 Å². The first kappa shape index (κ1) is 23.0. The van der Waals surface area contributed by atoms with Crippen LogP contribution >= 0.6 is 0 Å². The Kier molecular flexibility index (Phi) is 6.51. The van der Waals surface area contributed by atoms with Crippen molar-refractivity contribution in [3.63, 3.8) is 0 Å². The van der Waals surface area contributed by atoms with E-state index in [2.05, 4.69) is 21.4 Å². The molecule has 33 heavy (non-hydrogen) atoms. The first-order valence-corrected chi connectivity index (χ1v) is 10.9. The number of ether oxygens (including phenoxy) is 2. The summed E-state index contributed by atoms with van der Waals surface area (Å²) >= 11 is 0. The minimum Gasteiger partial charge on any atom is -0.497 e. The van der Waals surface area contributed by atoms with Gasteiger partial charge in [0.2, 0.25) is 0 Å². The Morgan fingerprint density at radius 1 is 1.18 bits per heavy atom. The van der Waals surface area contributed by atoms with Gasteiger partial charge in [0.05, 0.1) is 44.1 Å². The van der Waals surface area contributed by atoms with E-state index in [0.717, 1.165) is 35.2 Å². The summed E-state index contributed by atoms with van der Waals surface area (Å²) in [4.78, 5) is 14.3. The number of amides is 1. The zero-order chi connectivity index (χ0) is 23.6. The lowest BCUT2D eigenvalue weighted by molar-refractivity contribution is -0.143. The summed E-state index contributed by atoms with van der Waals surface area (Å²) in [7, 11) is 1.58. The largest absolute Gasteiger partial charge is 0.497 e. The van der Waals surface area contributed by atoms with Crippen molar-refractivity contribution >= 4 is 22.5 Å². The Balaban J connectivity index is 1.71. The molecule has 0 spiro atoms. The second-order valence-corrected chi connectivity index (χ2v) is 8.30. The molecule has 0 bridgehead atoms. The lowest BCUT2D eigenvalue weighted by Gasteiger charge is -2.29. The number of morpholine rings is 1. The Morgan fingerprint density at radius 2 is 1.88 bits per heavy atom. The normalized spacial score (nSPS) is 16.5. The average molecular weight is 459 g/mol. The third-order valence-corrected chi connectivity index (χ3v) is 5.91. The van der Waals surface area contributed by atoms with Crippen molar-refractivity contribution in [2.75, 3.05) is 38.3 Å². The zero-order valence-electron chi connectivity index (χ0n) is 18.9. The SMILES string of the molecule is COc1ccc([C@H]([C@H](C)NC(=O)C(C)(F)F)n2ncc3cc(N4CCOCC4)ccc32)cc1. The first-order chi connectivity index (χ1) is 15.8. The van der Waals surface area contributed by atoms with Gasteiger partial charge in [0.15, 0.2) is 0 Å². The molecular formula is C24H28F2N4O3. The number of carbonyl (C=O) groups is 1. The molecule has 9 heteroatoms. The van der Waals surface area contributed by atoms with E-state index in [1.807, 2.05) is 24.3 Å². The predicted octanol–water partition coefficient (Wildman–Crippen LogP) is 3.63. The summed E-state index contributed by atoms with van der Waals surface area (Å²) in [5.41, 5.74) is 2.74. The fourth-order valence-electron chi connectivity index (χ4n) is 4.14. The van der Waals surface area contributed by atoms with Gasteiger partial charge in [0, 0.05) is 31.1 Å². The van der Waals surface area contributed by atoms with Gasteiger partial charge in [0.25, 0.3) is 5.91 Å². The van der Waals surface area contributed by atoms with Crippen molar-refractivity contribution in [1.29, 1.82) is 0 Å². The van der Waals surface area contributed by atoms with Crippen molar-refractivity contribution in [3.8, 4) is 5.75 Å². The lowest BCUT2D eigenvalue weighted by Crippen LogP contribution is -2.46. The number of fused-ring (bicyclic) bond motifs is 1. The van der Waals surface area contributed by atoms with Gasteiger partial charge in [-0.3, -0.25) is 9.48 Å². The van der Waals surface area contributed by atoms with Crippen LogP contribution in [0.3, 0.4) is 0 Å². The van der Waals surface area contributed by atoms with Gasteiger partial charge in [-0.1, -0.05) is 12.1 Å². The maximum Gasteiger partial charge on any atom is 0.321 e. The fourth-order valence-corrected chi connectivity index (χ4v) is 4.14. The highest BCUT2D eigenvalue weighted by Crippen LogP contribution is 2.30. The van der Waals surface area contributed by atoms with Crippen LogP contribution in [0.1, 0.15) is 25.5 Å². The number of nitrogens with zero attached hydrogens (tertiary/aromatic N) is 3. The molecule has 4 rings (SSSR count). The Bertz CT molecular complexity index is 1110. The van der Waals surface area contributed by atoms with Crippen LogP contribution in [0.15, 0.2) is 48.7 Å². The molecule has 2 aromatic carbocycles. The number of hydrogen-bond donors (Lipinski definition) is 1. The van der Waals surface area contributed by atoms with Crippen molar-refractivity contribution in [2.24, 2.45) is 0 Å². The topological polar surface area (TPSA) is 68.6 Å². The predicted molar refractivity (Wildman–Crippen MR) is 122 cm³/mol. The molecule has 176 valence electrons. The number of benzene rings is 2. The maximum atomic E-state index is 13.6. The zero-order valence-corrected chi connectivity index (χ0v) is 18.9. The molecule has 0 saturated carbocycles. The van der Waals surface area contributed by atoms with Gasteiger partial charge in [-0.05, 0) is 42.8 Å². The van der Waals surface area contributed by atoms with Gasteiger partial charge >= 0.3 is 5.92 Å². The van der Waals surface area contributed by atoms with Crippen LogP contribution in [0, 0.1) is 0 Å². The molecule has 1 aromatic heterocycles. The third kappa shape index (κ3) is 4.93. The van der Waals surface area contributed by atoms with E-state index in [9.17, 15) is 13.6 Å². The molecule has 2 atom stereocenters. The smallest absolute Gasteiger partial charge is 0.321 e. The number of aromatic nitrogens is 2. The van der Waals surface area contributed by atoms with Crippen LogP contribution < -0.4 is 15.0 Å². The van der Waals surface area contributed by atoms with Gasteiger partial charge < -0.3 is 19.7 Å². The monoisotopic (exact) mass is 458 g/mol. The van der Waals surface area contributed by atoms with Gasteiger partial charge in [0.1, 0.15) is 5.75 Å². The number of anilines is 1. The number of halogens is 2. The van der Waals surface area contributed by atoms with Gasteiger partial charge in [-0.25, -0.2) is 0 Å². The van der Waals surface area contributed by atoms with E-state index in [1.54, 1.807) is 37.0 Å². The Hall–Kier alpha value is -3.20. The first-order valence-electron chi connectivity index (χ1n) is 10.9. The van der Waals surface area contributed by atoms with Crippen molar-refractivity contribution < 1.29 is 23.0 Å². The summed E-state index contributed by atoms with van der Waals surface area (Å²) in [5, 5.41) is 7.98. The molecule has 1 amide bonds. The Labute approximate surface area is 191 Å². The molecule has 0 unspecified atom stereocenters. The standard InChI is InChI=1S/C24H28F2N4O3/c1-16(28-23(31)24(2,25)26)22(17-4-7-20(32-3)8-5-17)30-21-9-6-19(14-18(21)15-27-30)29-10-12-33-13-11-29/h4-9,14-16,22H,10-13H2,1-3H3,(H,28,31)/t16-,22-/m0/s1. The summed E-state index contributed by atoms with van der Waals surface area (Å²) in [6, 6.07) is 12.2. The molecule has 0 radical (unpaired) electrons. The van der Waals surface area contributed by atoms with E-state index in [0.29, 0.717) is 25.9 Å². The van der Waals surface area contributed by atoms with Crippen molar-refractivity contribution in [2.45, 2.75) is 31.9 Å². The average Bonchev–Trinajstić information content (AvgIpc) is 3.22. The molecule has 1 aliphatic heterocycles. The van der Waals surface area contributed by atoms with E-state index in [1.165, 1.54) is 0 Å². The van der Waals surface area contributed by atoms with E-state index < -0.39 is 23.9 Å². The summed E-state index contributed by atoms with van der Waals surface area (Å²) < 4.78 is 39.6. The summed E-state index contributed by atoms with van der Waals surface area (Å²) in [6.07, 6.45) is 1.76. The van der Waals surface area contributed by atoms with E-state index >= 15 is 0 Å². The van der Waals surface area contributed by atoms with Crippen LogP contribution in [0.2, 0.25) is 0 Å². The molecule has 2 heterocycles. The highest BCUT2D eigenvalue weighted by atomic mass is 19.3. The van der Waals surface area contributed by atoms with E-state index in [-0.39, 0.29) is 0 Å². The minimum absolute atomic E-state index is 0.506. The maximum absolute atomic E-state index is 13.6. The van der Waals surface area contributed by atoms with Crippen LogP contribution in [0.4, 0.5) is 14.5 Å². The van der Waals surface area contributed by atoms with Gasteiger partial charge in [-0.15, -0.1) is 0 Å². The summed E-state index contributed by atoms with van der Waals surface area (Å²) in [5.74, 6) is -4.12. The van der Waals surface area contributed by atoms with E-state index in [4.69, 9.17) is 9.47 Å². The number of nitrogens with one attached hydrogen (secondary N) is 1. The quantitative estimate of drug-likeness (QED) is 0.586. The number of rotatable bonds is 7. The second kappa shape index (κ2) is 9.35. The lowest BCUT2D eigenvalue weighted by atomic mass is 9.99. The summed E-state index contributed by atoms with van der Waals surface area (Å²) in [6.45, 7) is 5.32. The van der Waals surface area contributed by atoms with Crippen molar-refractivity contribution in [3.05, 3.63) is 54.2 Å². The number of alkyl halides is 2. The fraction of sp³-hybridized carbons (Fsp3) is 0.417. The van der Waals surface area contributed by atoms with Crippen molar-refractivity contribution in [1.82, 2.24) is 15.1 Å². The molecular weight excluding hydrogens is 430 g/mol. The molecule has 0 aliphatic carbocycles. The Morgan fingerprint density at radius 3 is 2.52 bits per heavy atom. The highest BCUT2D eigenvalue weighted by Gasteiger charge is 2.35. The minimum atomic E-state index is -3.47. The number of carbonyl (C=O) groups excluding carboxylic acids is 1. The highest BCUT2D eigenvalue weighted by molar-refractivity contribution is 5.84. The van der Waals surface area contributed by atoms with Crippen LogP contribution in [0.25, 0.3) is 10.9 Å². The molecule has 1 fully saturated rings. The van der Waals surface area contributed by atoms with Gasteiger partial charge in [-0.2, -0.15) is 13.9 Å².